The van der Waals surface area contributed by atoms with Gasteiger partial charge in [0.2, 0.25) is 5.91 Å². The van der Waals surface area contributed by atoms with E-state index in [1.165, 1.54) is 0 Å². The van der Waals surface area contributed by atoms with Crippen LogP contribution in [0.1, 0.15) is 64.4 Å². The fourth-order valence-corrected chi connectivity index (χ4v) is 3.76. The highest BCUT2D eigenvalue weighted by Gasteiger charge is 2.47. The molecule has 142 valence electrons. The van der Waals surface area contributed by atoms with Gasteiger partial charge in [0.15, 0.2) is 0 Å². The number of aromatic nitrogens is 1. The maximum atomic E-state index is 12.7. The van der Waals surface area contributed by atoms with Crippen molar-refractivity contribution in [2.75, 3.05) is 6.54 Å². The van der Waals surface area contributed by atoms with Crippen LogP contribution >= 0.6 is 0 Å². The zero-order chi connectivity index (χ0) is 18.8. The minimum atomic E-state index is -0.527. The monoisotopic (exact) mass is 359 g/mol. The van der Waals surface area contributed by atoms with E-state index < -0.39 is 11.7 Å². The number of nitrogens with one attached hydrogen (secondary N) is 2. The van der Waals surface area contributed by atoms with Gasteiger partial charge in [-0.3, -0.25) is 9.78 Å². The average molecular weight is 359 g/mol. The molecule has 1 heterocycles. The van der Waals surface area contributed by atoms with E-state index >= 15 is 0 Å². The van der Waals surface area contributed by atoms with E-state index in [0.717, 1.165) is 37.7 Å². The molecule has 0 radical (unpaired) electrons. The van der Waals surface area contributed by atoms with Crippen molar-refractivity contribution in [1.29, 1.82) is 0 Å². The number of nitrogens with zero attached hydrogens (tertiary/aromatic N) is 1. The summed E-state index contributed by atoms with van der Waals surface area (Å²) in [6, 6.07) is 3.94. The van der Waals surface area contributed by atoms with Gasteiger partial charge in [-0.05, 0) is 57.6 Å². The first-order valence-corrected chi connectivity index (χ1v) is 9.47. The molecule has 0 aromatic carbocycles. The van der Waals surface area contributed by atoms with Gasteiger partial charge in [0.1, 0.15) is 5.60 Å². The van der Waals surface area contributed by atoms with E-state index in [9.17, 15) is 9.59 Å². The summed E-state index contributed by atoms with van der Waals surface area (Å²) in [4.78, 5) is 28.9. The van der Waals surface area contributed by atoms with E-state index in [1.807, 2.05) is 39.1 Å². The molecule has 2 aliphatic rings. The minimum Gasteiger partial charge on any atom is -0.444 e. The molecule has 2 N–H and O–H groups in total. The van der Waals surface area contributed by atoms with E-state index in [4.69, 9.17) is 4.74 Å². The van der Waals surface area contributed by atoms with Gasteiger partial charge in [-0.25, -0.2) is 4.79 Å². The van der Waals surface area contributed by atoms with Crippen molar-refractivity contribution < 1.29 is 14.3 Å². The molecule has 0 bridgehead atoms. The molecule has 2 amide bonds. The molecule has 1 aromatic heterocycles. The van der Waals surface area contributed by atoms with E-state index in [0.29, 0.717) is 6.54 Å². The van der Waals surface area contributed by atoms with Crippen LogP contribution in [0.15, 0.2) is 24.5 Å². The Labute approximate surface area is 155 Å². The zero-order valence-corrected chi connectivity index (χ0v) is 15.9. The van der Waals surface area contributed by atoms with Crippen molar-refractivity contribution >= 4 is 12.0 Å². The molecule has 2 saturated carbocycles. The number of hydrogen-bond acceptors (Lipinski definition) is 4. The van der Waals surface area contributed by atoms with Crippen LogP contribution in [0.5, 0.6) is 0 Å². The van der Waals surface area contributed by atoms with Crippen LogP contribution in [-0.4, -0.2) is 34.7 Å². The normalized spacial score (nSPS) is 24.0. The molecule has 0 aliphatic heterocycles. The number of alkyl carbamates (subject to hydrolysis) is 1. The second-order valence-corrected chi connectivity index (χ2v) is 8.57. The molecule has 6 heteroatoms. The molecule has 2 unspecified atom stereocenters. The summed E-state index contributed by atoms with van der Waals surface area (Å²) in [6.07, 6.45) is 7.92. The van der Waals surface area contributed by atoms with Gasteiger partial charge in [0.25, 0.3) is 0 Å². The molecule has 2 aliphatic carbocycles. The number of amides is 2. The standard InChI is InChI=1S/C20H29N3O3/c1-19(2,3)26-18(25)22-13-20(8-4-5-9-20)23-17(24)16-11-15(16)14-7-6-10-21-12-14/h6-7,10,12,15-16H,4-5,8-9,11,13H2,1-3H3,(H,22,25)(H,23,24). The van der Waals surface area contributed by atoms with Crippen molar-refractivity contribution in [2.45, 2.75) is 69.9 Å². The Balaban J connectivity index is 1.55. The summed E-state index contributed by atoms with van der Waals surface area (Å²) in [5, 5.41) is 6.09. The van der Waals surface area contributed by atoms with Crippen LogP contribution in [0.2, 0.25) is 0 Å². The predicted octanol–water partition coefficient (Wildman–Crippen LogP) is 3.14. The second-order valence-electron chi connectivity index (χ2n) is 8.57. The van der Waals surface area contributed by atoms with Crippen molar-refractivity contribution in [3.63, 3.8) is 0 Å². The van der Waals surface area contributed by atoms with E-state index in [-0.39, 0.29) is 23.3 Å². The van der Waals surface area contributed by atoms with Crippen LogP contribution in [0.3, 0.4) is 0 Å². The Morgan fingerprint density at radius 3 is 2.65 bits per heavy atom. The van der Waals surface area contributed by atoms with Crippen LogP contribution < -0.4 is 10.6 Å². The number of pyridine rings is 1. The van der Waals surface area contributed by atoms with Gasteiger partial charge >= 0.3 is 6.09 Å². The number of carbonyl (C=O) groups excluding carboxylic acids is 2. The average Bonchev–Trinajstić information content (AvgIpc) is 3.26. The first-order chi connectivity index (χ1) is 12.3. The van der Waals surface area contributed by atoms with Gasteiger partial charge < -0.3 is 15.4 Å². The number of ether oxygens (including phenoxy) is 1. The van der Waals surface area contributed by atoms with Crippen LogP contribution in [0.25, 0.3) is 0 Å². The van der Waals surface area contributed by atoms with Crippen LogP contribution in [-0.2, 0) is 9.53 Å². The molecule has 6 nitrogen and oxygen atoms in total. The summed E-state index contributed by atoms with van der Waals surface area (Å²) < 4.78 is 5.31. The zero-order valence-electron chi connectivity index (χ0n) is 15.9. The molecule has 2 fully saturated rings. The highest BCUT2D eigenvalue weighted by atomic mass is 16.6. The molecule has 26 heavy (non-hydrogen) atoms. The Morgan fingerprint density at radius 1 is 1.31 bits per heavy atom. The molecular formula is C20H29N3O3. The number of carbonyl (C=O) groups is 2. The fraction of sp³-hybridized carbons (Fsp3) is 0.650. The third kappa shape index (κ3) is 4.74. The Kier molecular flexibility index (Phi) is 5.21. The fourth-order valence-electron chi connectivity index (χ4n) is 3.76. The summed E-state index contributed by atoms with van der Waals surface area (Å²) in [5.74, 6) is 0.367. The second kappa shape index (κ2) is 7.25. The molecule has 0 saturated heterocycles. The maximum absolute atomic E-state index is 12.7. The highest BCUT2D eigenvalue weighted by molar-refractivity contribution is 5.83. The van der Waals surface area contributed by atoms with Gasteiger partial charge in [-0.2, -0.15) is 0 Å². The Morgan fingerprint density at radius 2 is 2.04 bits per heavy atom. The topological polar surface area (TPSA) is 80.3 Å². The van der Waals surface area contributed by atoms with Crippen molar-refractivity contribution in [2.24, 2.45) is 5.92 Å². The largest absolute Gasteiger partial charge is 0.444 e. The Hall–Kier alpha value is -2.11. The summed E-state index contributed by atoms with van der Waals surface area (Å²) in [7, 11) is 0. The highest BCUT2D eigenvalue weighted by Crippen LogP contribution is 2.47. The third-order valence-corrected chi connectivity index (χ3v) is 5.16. The molecule has 2 atom stereocenters. The van der Waals surface area contributed by atoms with Crippen LogP contribution in [0, 0.1) is 5.92 Å². The molecule has 1 aromatic rings. The van der Waals surface area contributed by atoms with Gasteiger partial charge in [-0.15, -0.1) is 0 Å². The third-order valence-electron chi connectivity index (χ3n) is 5.16. The summed E-state index contributed by atoms with van der Waals surface area (Å²) in [5.41, 5.74) is 0.247. The Bertz CT molecular complexity index is 648. The SMILES string of the molecule is CC(C)(C)OC(=O)NCC1(NC(=O)C2CC2c2cccnc2)CCCC1. The molecule has 3 rings (SSSR count). The lowest BCUT2D eigenvalue weighted by Gasteiger charge is -2.31. The van der Waals surface area contributed by atoms with Crippen molar-refractivity contribution in [1.82, 2.24) is 15.6 Å². The summed E-state index contributed by atoms with van der Waals surface area (Å²) >= 11 is 0. The quantitative estimate of drug-likeness (QED) is 0.846. The smallest absolute Gasteiger partial charge is 0.407 e. The predicted molar refractivity (Wildman–Crippen MR) is 98.7 cm³/mol. The van der Waals surface area contributed by atoms with Crippen molar-refractivity contribution in [3.05, 3.63) is 30.1 Å². The first kappa shape index (κ1) is 18.7. The van der Waals surface area contributed by atoms with Gasteiger partial charge in [0.05, 0.1) is 5.54 Å². The van der Waals surface area contributed by atoms with E-state index in [2.05, 4.69) is 15.6 Å². The summed E-state index contributed by atoms with van der Waals surface area (Å²) in [6.45, 7) is 5.93. The number of hydrogen-bond donors (Lipinski definition) is 2. The van der Waals surface area contributed by atoms with Gasteiger partial charge in [-0.1, -0.05) is 18.9 Å². The molecular weight excluding hydrogens is 330 g/mol. The van der Waals surface area contributed by atoms with Crippen LogP contribution in [0.4, 0.5) is 4.79 Å². The van der Waals surface area contributed by atoms with Crippen molar-refractivity contribution in [3.8, 4) is 0 Å². The lowest BCUT2D eigenvalue weighted by molar-refractivity contribution is -0.124. The van der Waals surface area contributed by atoms with Gasteiger partial charge in [0, 0.05) is 24.9 Å². The number of rotatable bonds is 5. The lowest BCUT2D eigenvalue weighted by Crippen LogP contribution is -2.54. The minimum absolute atomic E-state index is 0.0122. The molecule has 0 spiro atoms. The first-order valence-electron chi connectivity index (χ1n) is 9.47. The lowest BCUT2D eigenvalue weighted by atomic mass is 9.96. The maximum Gasteiger partial charge on any atom is 0.407 e. The van der Waals surface area contributed by atoms with E-state index in [1.54, 1.807) is 6.20 Å².